The topological polar surface area (TPSA) is 132 Å². The fourth-order valence-corrected chi connectivity index (χ4v) is 1.83. The molecule has 0 aromatic rings. The van der Waals surface area contributed by atoms with E-state index >= 15 is 0 Å². The molecule has 0 aromatic carbocycles. The fourth-order valence-electron chi connectivity index (χ4n) is 1.83. The van der Waals surface area contributed by atoms with E-state index in [0.29, 0.717) is 6.29 Å². The molecule has 0 aliphatic carbocycles. The summed E-state index contributed by atoms with van der Waals surface area (Å²) in [4.78, 5) is 45.8. The molecule has 10 heteroatoms. The second-order valence-corrected chi connectivity index (χ2v) is 6.92. The van der Waals surface area contributed by atoms with Crippen LogP contribution in [0.2, 0.25) is 0 Å². The third kappa shape index (κ3) is 14.8. The largest absolute Gasteiger partial charge is 0.450 e. The van der Waals surface area contributed by atoms with Crippen molar-refractivity contribution in [2.75, 3.05) is 32.9 Å². The quantitative estimate of drug-likeness (QED) is 0.310. The van der Waals surface area contributed by atoms with Gasteiger partial charge in [-0.15, -0.1) is 0 Å². The van der Waals surface area contributed by atoms with Crippen molar-refractivity contribution in [1.82, 2.24) is 16.0 Å². The Morgan fingerprint density at radius 2 is 1.64 bits per heavy atom. The third-order valence-corrected chi connectivity index (χ3v) is 3.13. The average molecular weight is 403 g/mol. The van der Waals surface area contributed by atoms with Crippen molar-refractivity contribution in [1.29, 1.82) is 0 Å². The molecule has 0 rings (SSSR count). The number of amides is 3. The van der Waals surface area contributed by atoms with E-state index < -0.39 is 29.7 Å². The van der Waals surface area contributed by atoms with Crippen molar-refractivity contribution >= 4 is 24.4 Å². The zero-order valence-corrected chi connectivity index (χ0v) is 17.2. The van der Waals surface area contributed by atoms with Gasteiger partial charge < -0.3 is 35.0 Å². The Bertz CT molecular complexity index is 492. The highest BCUT2D eigenvalue weighted by Crippen LogP contribution is 2.06. The van der Waals surface area contributed by atoms with Crippen LogP contribution in [0.3, 0.4) is 0 Å². The molecule has 0 radical (unpaired) electrons. The van der Waals surface area contributed by atoms with Gasteiger partial charge in [0.05, 0.1) is 19.8 Å². The number of hydrogen-bond donors (Lipinski definition) is 3. The van der Waals surface area contributed by atoms with E-state index in [1.54, 1.807) is 20.8 Å². The second-order valence-electron chi connectivity index (χ2n) is 6.92. The summed E-state index contributed by atoms with van der Waals surface area (Å²) in [5, 5.41) is 7.47. The van der Waals surface area contributed by atoms with Gasteiger partial charge in [-0.25, -0.2) is 9.59 Å². The predicted octanol–water partition coefficient (Wildman–Crippen LogP) is 1.13. The zero-order valence-electron chi connectivity index (χ0n) is 17.2. The molecule has 28 heavy (non-hydrogen) atoms. The van der Waals surface area contributed by atoms with Crippen molar-refractivity contribution in [3.63, 3.8) is 0 Å². The van der Waals surface area contributed by atoms with E-state index in [1.165, 1.54) is 0 Å². The number of alkyl carbamates (subject to hydrolysis) is 2. The monoisotopic (exact) mass is 403 g/mol. The molecule has 10 nitrogen and oxygen atoms in total. The summed E-state index contributed by atoms with van der Waals surface area (Å²) in [6.07, 6.45) is 0.722. The van der Waals surface area contributed by atoms with E-state index in [2.05, 4.69) is 16.0 Å². The summed E-state index contributed by atoms with van der Waals surface area (Å²) in [5.41, 5.74) is -0.566. The van der Waals surface area contributed by atoms with Crippen LogP contribution in [-0.2, 0) is 23.8 Å². The molecular weight excluding hydrogens is 370 g/mol. The van der Waals surface area contributed by atoms with Crippen LogP contribution in [0.25, 0.3) is 0 Å². The van der Waals surface area contributed by atoms with E-state index in [1.807, 2.05) is 6.92 Å². The van der Waals surface area contributed by atoms with Gasteiger partial charge in [-0.3, -0.25) is 4.79 Å². The molecule has 0 aliphatic rings. The van der Waals surface area contributed by atoms with Crippen LogP contribution in [0, 0.1) is 0 Å². The van der Waals surface area contributed by atoms with Gasteiger partial charge in [0.15, 0.2) is 0 Å². The van der Waals surface area contributed by atoms with Crippen LogP contribution < -0.4 is 16.0 Å². The third-order valence-electron chi connectivity index (χ3n) is 3.13. The maximum absolute atomic E-state index is 12.0. The molecule has 0 aliphatic heterocycles. The molecule has 0 saturated carbocycles. The molecule has 3 amide bonds. The van der Waals surface area contributed by atoms with Gasteiger partial charge in [0.25, 0.3) is 0 Å². The molecule has 3 N–H and O–H groups in total. The first kappa shape index (κ1) is 25.6. The molecule has 0 heterocycles. The van der Waals surface area contributed by atoms with Gasteiger partial charge in [-0.1, -0.05) is 13.3 Å². The SMILES string of the molecule is CCCCOC(=O)NC(CC=O)C(=O)NCCOCCNC(=O)OC(C)(C)C. The summed E-state index contributed by atoms with van der Waals surface area (Å²) in [6.45, 7) is 8.42. The molecule has 0 fully saturated rings. The lowest BCUT2D eigenvalue weighted by Crippen LogP contribution is -2.47. The van der Waals surface area contributed by atoms with Crippen LogP contribution in [0.1, 0.15) is 47.0 Å². The maximum Gasteiger partial charge on any atom is 0.407 e. The smallest absolute Gasteiger partial charge is 0.407 e. The molecule has 1 atom stereocenters. The highest BCUT2D eigenvalue weighted by molar-refractivity contribution is 5.87. The maximum atomic E-state index is 12.0. The summed E-state index contributed by atoms with van der Waals surface area (Å²) in [7, 11) is 0. The van der Waals surface area contributed by atoms with Crippen molar-refractivity contribution in [2.24, 2.45) is 0 Å². The van der Waals surface area contributed by atoms with Gasteiger partial charge in [0.2, 0.25) is 5.91 Å². The Kier molecular flexibility index (Phi) is 13.4. The second kappa shape index (κ2) is 14.7. The van der Waals surface area contributed by atoms with Crippen LogP contribution in [0.5, 0.6) is 0 Å². The summed E-state index contributed by atoms with van der Waals surface area (Å²) in [5.74, 6) is -0.505. The Morgan fingerprint density at radius 1 is 1.00 bits per heavy atom. The molecule has 0 aromatic heterocycles. The van der Waals surface area contributed by atoms with E-state index in [9.17, 15) is 19.2 Å². The van der Waals surface area contributed by atoms with Crippen LogP contribution >= 0.6 is 0 Å². The number of rotatable bonds is 13. The van der Waals surface area contributed by atoms with Crippen molar-refractivity contribution in [3.05, 3.63) is 0 Å². The number of carbonyl (C=O) groups excluding carboxylic acids is 4. The van der Waals surface area contributed by atoms with Gasteiger partial charge in [0.1, 0.15) is 17.9 Å². The van der Waals surface area contributed by atoms with Gasteiger partial charge >= 0.3 is 12.2 Å². The Labute approximate surface area is 166 Å². The zero-order chi connectivity index (χ0) is 21.4. The van der Waals surface area contributed by atoms with Gasteiger partial charge in [-0.2, -0.15) is 0 Å². The van der Waals surface area contributed by atoms with Crippen molar-refractivity contribution in [2.45, 2.75) is 58.6 Å². The fraction of sp³-hybridized carbons (Fsp3) is 0.778. The molecular formula is C18H33N3O7. The minimum absolute atomic E-state index is 0.157. The standard InChI is InChI=1S/C18H33N3O7/c1-5-6-11-27-17(25)21-14(7-10-22)15(23)19-8-12-26-13-9-20-16(24)28-18(2,3)4/h10,14H,5-9,11-13H2,1-4H3,(H,19,23)(H,20,24)(H,21,25). The minimum Gasteiger partial charge on any atom is -0.450 e. The number of carbonyl (C=O) groups is 4. The first-order valence-electron chi connectivity index (χ1n) is 9.38. The highest BCUT2D eigenvalue weighted by atomic mass is 16.6. The van der Waals surface area contributed by atoms with Crippen molar-refractivity contribution < 1.29 is 33.4 Å². The van der Waals surface area contributed by atoms with Crippen LogP contribution in [-0.4, -0.2) is 68.9 Å². The number of unbranched alkanes of at least 4 members (excludes halogenated alkanes) is 1. The Balaban J connectivity index is 3.95. The van der Waals surface area contributed by atoms with Crippen LogP contribution in [0.4, 0.5) is 9.59 Å². The number of aldehydes is 1. The van der Waals surface area contributed by atoms with Gasteiger partial charge in [-0.05, 0) is 27.2 Å². The molecule has 162 valence electrons. The molecule has 1 unspecified atom stereocenters. The normalized spacial score (nSPS) is 11.9. The van der Waals surface area contributed by atoms with E-state index in [4.69, 9.17) is 14.2 Å². The summed E-state index contributed by atoms with van der Waals surface area (Å²) >= 11 is 0. The van der Waals surface area contributed by atoms with Crippen molar-refractivity contribution in [3.8, 4) is 0 Å². The minimum atomic E-state index is -1.000. The average Bonchev–Trinajstić information content (AvgIpc) is 2.59. The Morgan fingerprint density at radius 3 is 2.21 bits per heavy atom. The van der Waals surface area contributed by atoms with Crippen LogP contribution in [0.15, 0.2) is 0 Å². The summed E-state index contributed by atoms with van der Waals surface area (Å²) in [6, 6.07) is -1.000. The first-order valence-corrected chi connectivity index (χ1v) is 9.38. The number of hydrogen-bond acceptors (Lipinski definition) is 7. The van der Waals surface area contributed by atoms with E-state index in [-0.39, 0.29) is 39.3 Å². The lowest BCUT2D eigenvalue weighted by molar-refractivity contribution is -0.125. The number of ether oxygens (including phenoxy) is 3. The van der Waals surface area contributed by atoms with E-state index in [0.717, 1.165) is 12.8 Å². The molecule has 0 saturated heterocycles. The first-order chi connectivity index (χ1) is 13.2. The molecule has 0 bridgehead atoms. The summed E-state index contributed by atoms with van der Waals surface area (Å²) < 4.78 is 15.3. The Hall–Kier alpha value is -2.36. The lowest BCUT2D eigenvalue weighted by atomic mass is 10.2. The highest BCUT2D eigenvalue weighted by Gasteiger charge is 2.20. The molecule has 0 spiro atoms. The lowest BCUT2D eigenvalue weighted by Gasteiger charge is -2.19. The predicted molar refractivity (Wildman–Crippen MR) is 102 cm³/mol. The van der Waals surface area contributed by atoms with Gasteiger partial charge in [0, 0.05) is 19.5 Å². The number of nitrogens with one attached hydrogen (secondary N) is 3.